The molecule has 2 heterocycles. The molecule has 2 aromatic heterocycles. The van der Waals surface area contributed by atoms with Crippen molar-refractivity contribution in [3.8, 4) is 0 Å². The van der Waals surface area contributed by atoms with Gasteiger partial charge in [-0.25, -0.2) is 4.68 Å². The van der Waals surface area contributed by atoms with E-state index < -0.39 is 0 Å². The van der Waals surface area contributed by atoms with Crippen molar-refractivity contribution in [1.29, 1.82) is 0 Å². The van der Waals surface area contributed by atoms with Gasteiger partial charge in [0.1, 0.15) is 0 Å². The maximum atomic E-state index is 12.7. The van der Waals surface area contributed by atoms with E-state index in [0.29, 0.717) is 22.9 Å². The lowest BCUT2D eigenvalue weighted by Crippen LogP contribution is -2.30. The number of nitrogens with zero attached hydrogens (tertiary/aromatic N) is 4. The molecule has 0 saturated heterocycles. The number of benzene rings is 1. The zero-order valence-corrected chi connectivity index (χ0v) is 17.5. The molecule has 1 amide bonds. The van der Waals surface area contributed by atoms with Gasteiger partial charge in [0.2, 0.25) is 11.1 Å². The van der Waals surface area contributed by atoms with Crippen LogP contribution in [0.25, 0.3) is 0 Å². The van der Waals surface area contributed by atoms with E-state index in [1.807, 2.05) is 16.1 Å². The number of hydrogen-bond donors (Lipinski definition) is 1. The fourth-order valence-corrected chi connectivity index (χ4v) is 4.57. The lowest BCUT2D eigenvalue weighted by atomic mass is 9.98. The molecule has 1 saturated carbocycles. The van der Waals surface area contributed by atoms with Crippen molar-refractivity contribution in [2.45, 2.75) is 49.8 Å². The maximum Gasteiger partial charge on any atom is 0.231 e. The quantitative estimate of drug-likeness (QED) is 0.561. The first-order chi connectivity index (χ1) is 13.6. The summed E-state index contributed by atoms with van der Waals surface area (Å²) in [6.45, 7) is 4.36. The predicted octanol–water partition coefficient (Wildman–Crippen LogP) is 4.19. The summed E-state index contributed by atoms with van der Waals surface area (Å²) in [6, 6.07) is 12.8. The van der Waals surface area contributed by atoms with Crippen LogP contribution in [0.4, 0.5) is 0 Å². The molecular weight excluding hydrogens is 390 g/mol. The topological polar surface area (TPSA) is 72.7 Å². The Labute approximate surface area is 172 Å². The van der Waals surface area contributed by atoms with Crippen LogP contribution in [0.2, 0.25) is 0 Å². The van der Waals surface area contributed by atoms with Crippen molar-refractivity contribution in [2.75, 3.05) is 5.75 Å². The molecule has 0 aliphatic heterocycles. The number of carbonyl (C=O) groups excluding carboxylic acids is 1. The van der Waals surface area contributed by atoms with Crippen molar-refractivity contribution in [2.24, 2.45) is 0 Å². The lowest BCUT2D eigenvalue weighted by Gasteiger charge is -2.19. The van der Waals surface area contributed by atoms with E-state index in [0.717, 1.165) is 23.3 Å². The highest BCUT2D eigenvalue weighted by Gasteiger charge is 2.28. The lowest BCUT2D eigenvalue weighted by molar-refractivity contribution is -0.119. The second-order valence-electron chi connectivity index (χ2n) is 7.26. The van der Waals surface area contributed by atoms with E-state index in [2.05, 4.69) is 65.0 Å². The fourth-order valence-electron chi connectivity index (χ4n) is 3.01. The number of nitrogens with one attached hydrogen (secondary N) is 1. The SMILES string of the molecule is CC(C)c1ccc(C(NC(=O)CSc2nnnn2C2CC2)c2cccs2)cc1. The zero-order chi connectivity index (χ0) is 19.5. The molecular formula is C20H23N5OS2. The van der Waals surface area contributed by atoms with Crippen LogP contribution in [-0.2, 0) is 4.79 Å². The van der Waals surface area contributed by atoms with Crippen LogP contribution in [0.3, 0.4) is 0 Å². The highest BCUT2D eigenvalue weighted by molar-refractivity contribution is 7.99. The number of thioether (sulfide) groups is 1. The Morgan fingerprint density at radius 3 is 2.64 bits per heavy atom. The fraction of sp³-hybridized carbons (Fsp3) is 0.400. The molecule has 8 heteroatoms. The largest absolute Gasteiger partial charge is 0.344 e. The van der Waals surface area contributed by atoms with E-state index in [9.17, 15) is 4.79 Å². The van der Waals surface area contributed by atoms with Crippen LogP contribution < -0.4 is 5.32 Å². The zero-order valence-electron chi connectivity index (χ0n) is 15.9. The van der Waals surface area contributed by atoms with E-state index in [1.54, 1.807) is 11.3 Å². The Morgan fingerprint density at radius 1 is 1.25 bits per heavy atom. The minimum absolute atomic E-state index is 0.0262. The van der Waals surface area contributed by atoms with Gasteiger partial charge in [-0.2, -0.15) is 0 Å². The van der Waals surface area contributed by atoms with Gasteiger partial charge < -0.3 is 5.32 Å². The molecule has 1 fully saturated rings. The van der Waals surface area contributed by atoms with Gasteiger partial charge in [0.15, 0.2) is 0 Å². The van der Waals surface area contributed by atoms with Gasteiger partial charge in [-0.05, 0) is 51.8 Å². The smallest absolute Gasteiger partial charge is 0.231 e. The Hall–Kier alpha value is -2.19. The molecule has 1 unspecified atom stereocenters. The van der Waals surface area contributed by atoms with E-state index in [-0.39, 0.29) is 11.9 Å². The minimum atomic E-state index is -0.145. The van der Waals surface area contributed by atoms with Gasteiger partial charge in [-0.3, -0.25) is 4.79 Å². The highest BCUT2D eigenvalue weighted by Crippen LogP contribution is 2.36. The summed E-state index contributed by atoms with van der Waals surface area (Å²) in [5.74, 6) is 0.748. The standard InChI is InChI=1S/C20H23N5OS2/c1-13(2)14-5-7-15(8-6-14)19(17-4-3-11-27-17)21-18(26)12-28-20-22-23-24-25(20)16-9-10-16/h3-8,11,13,16,19H,9-10,12H2,1-2H3,(H,21,26). The van der Waals surface area contributed by atoms with Crippen LogP contribution in [-0.4, -0.2) is 31.9 Å². The van der Waals surface area contributed by atoms with Gasteiger partial charge in [0.05, 0.1) is 17.8 Å². The van der Waals surface area contributed by atoms with Crippen molar-refractivity contribution in [3.05, 3.63) is 57.8 Å². The highest BCUT2D eigenvalue weighted by atomic mass is 32.2. The van der Waals surface area contributed by atoms with Crippen LogP contribution in [0.15, 0.2) is 46.9 Å². The molecule has 1 N–H and O–H groups in total. The van der Waals surface area contributed by atoms with Crippen molar-refractivity contribution in [3.63, 3.8) is 0 Å². The first-order valence-electron chi connectivity index (χ1n) is 9.45. The Balaban J connectivity index is 1.45. The molecule has 1 aromatic carbocycles. The summed E-state index contributed by atoms with van der Waals surface area (Å²) >= 11 is 3.04. The molecule has 4 rings (SSSR count). The van der Waals surface area contributed by atoms with Gasteiger partial charge in [-0.15, -0.1) is 16.4 Å². The second-order valence-corrected chi connectivity index (χ2v) is 9.18. The molecule has 1 aliphatic rings. The molecule has 1 atom stereocenters. The van der Waals surface area contributed by atoms with Crippen LogP contribution in [0.1, 0.15) is 60.7 Å². The molecule has 0 spiro atoms. The number of aromatic nitrogens is 4. The van der Waals surface area contributed by atoms with Gasteiger partial charge in [0.25, 0.3) is 0 Å². The number of thiophene rings is 1. The molecule has 6 nitrogen and oxygen atoms in total. The molecule has 28 heavy (non-hydrogen) atoms. The van der Waals surface area contributed by atoms with E-state index in [4.69, 9.17) is 0 Å². The normalized spacial score (nSPS) is 15.0. The molecule has 0 radical (unpaired) electrons. The second kappa shape index (κ2) is 8.45. The molecule has 3 aromatic rings. The number of rotatable bonds is 8. The monoisotopic (exact) mass is 413 g/mol. The first-order valence-corrected chi connectivity index (χ1v) is 11.3. The van der Waals surface area contributed by atoms with E-state index in [1.165, 1.54) is 17.3 Å². The molecule has 146 valence electrons. The maximum absolute atomic E-state index is 12.7. The third kappa shape index (κ3) is 4.44. The van der Waals surface area contributed by atoms with Gasteiger partial charge in [-0.1, -0.05) is 55.9 Å². The Bertz CT molecular complexity index is 916. The van der Waals surface area contributed by atoms with Gasteiger partial charge in [0, 0.05) is 4.88 Å². The van der Waals surface area contributed by atoms with E-state index >= 15 is 0 Å². The summed E-state index contributed by atoms with van der Waals surface area (Å²) < 4.78 is 1.83. The summed E-state index contributed by atoms with van der Waals surface area (Å²) in [5.41, 5.74) is 2.38. The summed E-state index contributed by atoms with van der Waals surface area (Å²) in [6.07, 6.45) is 2.22. The van der Waals surface area contributed by atoms with Crippen LogP contribution in [0, 0.1) is 0 Å². The minimum Gasteiger partial charge on any atom is -0.344 e. The predicted molar refractivity (Wildman–Crippen MR) is 112 cm³/mol. The Morgan fingerprint density at radius 2 is 2.00 bits per heavy atom. The summed E-state index contributed by atoms with van der Waals surface area (Å²) in [5, 5.41) is 17.8. The third-order valence-corrected chi connectivity index (χ3v) is 6.63. The number of hydrogen-bond acceptors (Lipinski definition) is 6. The van der Waals surface area contributed by atoms with Crippen molar-refractivity contribution in [1.82, 2.24) is 25.5 Å². The Kier molecular flexibility index (Phi) is 5.77. The van der Waals surface area contributed by atoms with Crippen LogP contribution in [0.5, 0.6) is 0 Å². The van der Waals surface area contributed by atoms with Crippen molar-refractivity contribution < 1.29 is 4.79 Å². The third-order valence-electron chi connectivity index (χ3n) is 4.76. The summed E-state index contributed by atoms with van der Waals surface area (Å²) in [7, 11) is 0. The van der Waals surface area contributed by atoms with Crippen LogP contribution >= 0.6 is 23.1 Å². The number of amides is 1. The van der Waals surface area contributed by atoms with Gasteiger partial charge >= 0.3 is 0 Å². The number of tetrazole rings is 1. The number of carbonyl (C=O) groups is 1. The average molecular weight is 414 g/mol. The first kappa shape index (κ1) is 19.1. The molecule has 1 aliphatic carbocycles. The van der Waals surface area contributed by atoms with Crippen molar-refractivity contribution >= 4 is 29.0 Å². The average Bonchev–Trinajstić information content (AvgIpc) is 3.19. The summed E-state index contributed by atoms with van der Waals surface area (Å²) in [4.78, 5) is 13.8. The molecule has 0 bridgehead atoms.